The van der Waals surface area contributed by atoms with Crippen LogP contribution < -0.4 is 11.1 Å². The van der Waals surface area contributed by atoms with Crippen molar-refractivity contribution in [3.8, 4) is 0 Å². The number of ether oxygens (including phenoxy) is 1. The standard InChI is InChI=1S/C7H14N2O2S/c1-3-4-5(6(8)12)9-7(10)11-2/h5H,3-4H2,1-2H3,(H2,8,12)(H,9,10). The molecule has 4 nitrogen and oxygen atoms in total. The number of hydrogen-bond acceptors (Lipinski definition) is 3. The number of hydrogen-bond donors (Lipinski definition) is 2. The van der Waals surface area contributed by atoms with E-state index in [9.17, 15) is 4.79 Å². The number of carbonyl (C=O) groups excluding carboxylic acids is 1. The number of rotatable bonds is 4. The van der Waals surface area contributed by atoms with Crippen LogP contribution >= 0.6 is 12.2 Å². The largest absolute Gasteiger partial charge is 0.453 e. The summed E-state index contributed by atoms with van der Waals surface area (Å²) in [6.45, 7) is 1.99. The van der Waals surface area contributed by atoms with Crippen molar-refractivity contribution in [2.45, 2.75) is 25.8 Å². The van der Waals surface area contributed by atoms with Gasteiger partial charge in [0.2, 0.25) is 0 Å². The van der Waals surface area contributed by atoms with Gasteiger partial charge in [-0.05, 0) is 6.42 Å². The molecule has 0 saturated heterocycles. The van der Waals surface area contributed by atoms with E-state index >= 15 is 0 Å². The van der Waals surface area contributed by atoms with Crippen LogP contribution in [0.15, 0.2) is 0 Å². The summed E-state index contributed by atoms with van der Waals surface area (Å²) in [6, 6.07) is -0.252. The Morgan fingerprint density at radius 3 is 2.67 bits per heavy atom. The second-order valence-corrected chi connectivity index (χ2v) is 2.85. The fourth-order valence-corrected chi connectivity index (χ4v) is 0.952. The first-order valence-corrected chi connectivity index (χ1v) is 4.16. The molecule has 0 aromatic heterocycles. The summed E-state index contributed by atoms with van der Waals surface area (Å²) >= 11 is 4.76. The van der Waals surface area contributed by atoms with Gasteiger partial charge in [0.25, 0.3) is 0 Å². The minimum absolute atomic E-state index is 0.252. The Hall–Kier alpha value is -0.840. The lowest BCUT2D eigenvalue weighted by Crippen LogP contribution is -2.43. The molecule has 0 bridgehead atoms. The average Bonchev–Trinajstić information content (AvgIpc) is 2.03. The van der Waals surface area contributed by atoms with Crippen molar-refractivity contribution in [1.82, 2.24) is 5.32 Å². The smallest absolute Gasteiger partial charge is 0.407 e. The molecule has 0 aliphatic carbocycles. The van der Waals surface area contributed by atoms with Crippen molar-refractivity contribution in [3.63, 3.8) is 0 Å². The van der Waals surface area contributed by atoms with Crippen LogP contribution in [0.25, 0.3) is 0 Å². The van der Waals surface area contributed by atoms with Gasteiger partial charge in [-0.25, -0.2) is 4.79 Å². The molecule has 12 heavy (non-hydrogen) atoms. The maximum absolute atomic E-state index is 10.8. The SMILES string of the molecule is CCCC(NC(=O)OC)C(N)=S. The highest BCUT2D eigenvalue weighted by atomic mass is 32.1. The normalized spacial score (nSPS) is 11.8. The number of carbonyl (C=O) groups is 1. The molecular weight excluding hydrogens is 176 g/mol. The summed E-state index contributed by atoms with van der Waals surface area (Å²) in [4.78, 5) is 11.0. The summed E-state index contributed by atoms with van der Waals surface area (Å²) in [5, 5.41) is 2.54. The van der Waals surface area contributed by atoms with Gasteiger partial charge < -0.3 is 15.8 Å². The lowest BCUT2D eigenvalue weighted by atomic mass is 10.2. The zero-order chi connectivity index (χ0) is 9.56. The summed E-state index contributed by atoms with van der Waals surface area (Å²) in [7, 11) is 1.30. The molecule has 70 valence electrons. The Morgan fingerprint density at radius 2 is 2.33 bits per heavy atom. The number of alkyl carbamates (subject to hydrolysis) is 1. The lowest BCUT2D eigenvalue weighted by Gasteiger charge is -2.14. The Labute approximate surface area is 77.5 Å². The molecule has 0 spiro atoms. The Balaban J connectivity index is 3.95. The monoisotopic (exact) mass is 190 g/mol. The van der Waals surface area contributed by atoms with E-state index in [0.29, 0.717) is 4.99 Å². The van der Waals surface area contributed by atoms with Crippen LogP contribution in [0.3, 0.4) is 0 Å². The maximum atomic E-state index is 10.8. The quantitative estimate of drug-likeness (QED) is 0.643. The molecule has 3 N–H and O–H groups in total. The minimum Gasteiger partial charge on any atom is -0.453 e. The van der Waals surface area contributed by atoms with E-state index in [4.69, 9.17) is 18.0 Å². The van der Waals surface area contributed by atoms with Crippen molar-refractivity contribution < 1.29 is 9.53 Å². The first-order chi connectivity index (χ1) is 5.61. The van der Waals surface area contributed by atoms with Crippen LogP contribution in [0.4, 0.5) is 4.79 Å². The Kier molecular flexibility index (Phi) is 5.36. The van der Waals surface area contributed by atoms with E-state index in [1.165, 1.54) is 7.11 Å². The third-order valence-corrected chi connectivity index (χ3v) is 1.68. The number of nitrogens with two attached hydrogens (primary N) is 1. The second-order valence-electron chi connectivity index (χ2n) is 2.38. The minimum atomic E-state index is -0.499. The zero-order valence-electron chi connectivity index (χ0n) is 7.29. The molecule has 1 unspecified atom stereocenters. The summed E-state index contributed by atoms with van der Waals surface area (Å²) in [5.41, 5.74) is 5.39. The summed E-state index contributed by atoms with van der Waals surface area (Å²) in [6.07, 6.45) is 1.15. The first kappa shape index (κ1) is 11.2. The van der Waals surface area contributed by atoms with E-state index in [2.05, 4.69) is 10.1 Å². The molecule has 0 saturated carbocycles. The number of methoxy groups -OCH3 is 1. The van der Waals surface area contributed by atoms with Crippen LogP contribution in [0.1, 0.15) is 19.8 Å². The maximum Gasteiger partial charge on any atom is 0.407 e. The highest BCUT2D eigenvalue weighted by molar-refractivity contribution is 7.80. The van der Waals surface area contributed by atoms with E-state index in [1.807, 2.05) is 6.92 Å². The average molecular weight is 190 g/mol. The number of amides is 1. The van der Waals surface area contributed by atoms with Gasteiger partial charge in [0.15, 0.2) is 0 Å². The van der Waals surface area contributed by atoms with Gasteiger partial charge in [-0.2, -0.15) is 0 Å². The fraction of sp³-hybridized carbons (Fsp3) is 0.714. The molecule has 0 aromatic carbocycles. The first-order valence-electron chi connectivity index (χ1n) is 3.75. The van der Waals surface area contributed by atoms with E-state index in [-0.39, 0.29) is 6.04 Å². The Morgan fingerprint density at radius 1 is 1.75 bits per heavy atom. The van der Waals surface area contributed by atoms with Crippen molar-refractivity contribution >= 4 is 23.3 Å². The van der Waals surface area contributed by atoms with Gasteiger partial charge in [-0.3, -0.25) is 0 Å². The van der Waals surface area contributed by atoms with Crippen molar-refractivity contribution in [2.75, 3.05) is 7.11 Å². The number of nitrogens with one attached hydrogen (secondary N) is 1. The molecule has 0 heterocycles. The van der Waals surface area contributed by atoms with Gasteiger partial charge in [0, 0.05) is 0 Å². The fourth-order valence-electron chi connectivity index (χ4n) is 0.775. The van der Waals surface area contributed by atoms with Crippen molar-refractivity contribution in [2.24, 2.45) is 5.73 Å². The van der Waals surface area contributed by atoms with Gasteiger partial charge >= 0.3 is 6.09 Å². The third-order valence-electron chi connectivity index (χ3n) is 1.40. The highest BCUT2D eigenvalue weighted by Gasteiger charge is 2.13. The molecule has 0 radical (unpaired) electrons. The van der Waals surface area contributed by atoms with Crippen LogP contribution in [0, 0.1) is 0 Å². The second kappa shape index (κ2) is 5.77. The van der Waals surface area contributed by atoms with E-state index in [0.717, 1.165) is 12.8 Å². The molecule has 0 rings (SSSR count). The van der Waals surface area contributed by atoms with Crippen LogP contribution in [-0.4, -0.2) is 24.2 Å². The predicted molar refractivity (Wildman–Crippen MR) is 51.0 cm³/mol. The predicted octanol–water partition coefficient (Wildman–Crippen LogP) is 0.797. The molecular formula is C7H14N2O2S. The summed E-state index contributed by atoms with van der Waals surface area (Å²) < 4.78 is 4.41. The molecule has 0 fully saturated rings. The van der Waals surface area contributed by atoms with E-state index < -0.39 is 6.09 Å². The van der Waals surface area contributed by atoms with Gasteiger partial charge in [0.05, 0.1) is 18.1 Å². The molecule has 0 aliphatic rings. The van der Waals surface area contributed by atoms with Gasteiger partial charge in [-0.1, -0.05) is 25.6 Å². The van der Waals surface area contributed by atoms with Gasteiger partial charge in [-0.15, -0.1) is 0 Å². The highest BCUT2D eigenvalue weighted by Crippen LogP contribution is 1.97. The molecule has 0 aromatic rings. The van der Waals surface area contributed by atoms with Crippen molar-refractivity contribution in [1.29, 1.82) is 0 Å². The topological polar surface area (TPSA) is 64.3 Å². The van der Waals surface area contributed by atoms with Crippen molar-refractivity contribution in [3.05, 3.63) is 0 Å². The lowest BCUT2D eigenvalue weighted by molar-refractivity contribution is 0.169. The molecule has 0 aliphatic heterocycles. The van der Waals surface area contributed by atoms with Gasteiger partial charge in [0.1, 0.15) is 0 Å². The summed E-state index contributed by atoms with van der Waals surface area (Å²) in [5.74, 6) is 0. The molecule has 5 heteroatoms. The van der Waals surface area contributed by atoms with E-state index in [1.54, 1.807) is 0 Å². The third kappa shape index (κ3) is 4.12. The zero-order valence-corrected chi connectivity index (χ0v) is 8.11. The van der Waals surface area contributed by atoms with Crippen LogP contribution in [-0.2, 0) is 4.74 Å². The number of thiocarbonyl (C=S) groups is 1. The van der Waals surface area contributed by atoms with Crippen LogP contribution in [0.2, 0.25) is 0 Å². The Bertz CT molecular complexity index is 171. The molecule has 1 amide bonds. The van der Waals surface area contributed by atoms with Crippen LogP contribution in [0.5, 0.6) is 0 Å². The molecule has 1 atom stereocenters.